The number of nitrogens with zero attached hydrogens (tertiary/aromatic N) is 2. The summed E-state index contributed by atoms with van der Waals surface area (Å²) in [7, 11) is -3.43. The molecule has 1 aliphatic rings. The second kappa shape index (κ2) is 8.72. The maximum Gasteiger partial charge on any atom is 0.232 e. The van der Waals surface area contributed by atoms with Gasteiger partial charge < -0.3 is 9.80 Å². The van der Waals surface area contributed by atoms with Crippen LogP contribution in [0.3, 0.4) is 0 Å². The van der Waals surface area contributed by atoms with E-state index in [9.17, 15) is 8.42 Å². The van der Waals surface area contributed by atoms with Gasteiger partial charge in [-0.2, -0.15) is 0 Å². The number of hydrogen-bond donors (Lipinski definition) is 1. The van der Waals surface area contributed by atoms with Gasteiger partial charge in [-0.15, -0.1) is 0 Å². The average molecular weight is 422 g/mol. The zero-order valence-corrected chi connectivity index (χ0v) is 18.3. The van der Waals surface area contributed by atoms with Crippen LogP contribution in [0.2, 0.25) is 5.02 Å². The molecule has 152 valence electrons. The van der Waals surface area contributed by atoms with Crippen molar-refractivity contribution < 1.29 is 8.42 Å². The van der Waals surface area contributed by atoms with Gasteiger partial charge >= 0.3 is 0 Å². The predicted molar refractivity (Wildman–Crippen MR) is 119 cm³/mol. The Hall–Kier alpha value is -1.76. The van der Waals surface area contributed by atoms with E-state index >= 15 is 0 Å². The first-order valence-corrected chi connectivity index (χ1v) is 11.7. The minimum atomic E-state index is -3.43. The molecule has 1 fully saturated rings. The van der Waals surface area contributed by atoms with Crippen molar-refractivity contribution in [2.24, 2.45) is 0 Å². The molecule has 1 aliphatic heterocycles. The van der Waals surface area contributed by atoms with Crippen LogP contribution in [0.5, 0.6) is 0 Å². The van der Waals surface area contributed by atoms with Gasteiger partial charge in [-0.1, -0.05) is 42.8 Å². The molecule has 1 heterocycles. The van der Waals surface area contributed by atoms with Crippen LogP contribution in [0.15, 0.2) is 36.4 Å². The third-order valence-electron chi connectivity index (χ3n) is 5.32. The maximum atomic E-state index is 12.2. The van der Waals surface area contributed by atoms with Crippen molar-refractivity contribution in [3.8, 4) is 11.1 Å². The van der Waals surface area contributed by atoms with E-state index in [1.807, 2.05) is 37.3 Å². The molecular weight excluding hydrogens is 394 g/mol. The summed E-state index contributed by atoms with van der Waals surface area (Å²) in [6, 6.07) is 12.0. The first-order valence-electron chi connectivity index (χ1n) is 9.72. The van der Waals surface area contributed by atoms with Crippen molar-refractivity contribution in [3.63, 3.8) is 0 Å². The summed E-state index contributed by atoms with van der Waals surface area (Å²) in [5.74, 6) is 0.00241. The van der Waals surface area contributed by atoms with Crippen LogP contribution >= 0.6 is 11.6 Å². The highest BCUT2D eigenvalue weighted by Gasteiger charge is 2.21. The second-order valence-electron chi connectivity index (χ2n) is 7.10. The van der Waals surface area contributed by atoms with Gasteiger partial charge in [0.05, 0.1) is 16.5 Å². The van der Waals surface area contributed by atoms with Crippen LogP contribution in [0.1, 0.15) is 19.4 Å². The zero-order chi connectivity index (χ0) is 20.3. The molecule has 1 N–H and O–H groups in total. The van der Waals surface area contributed by atoms with Crippen molar-refractivity contribution >= 4 is 33.0 Å². The van der Waals surface area contributed by atoms with Crippen molar-refractivity contribution in [1.82, 2.24) is 4.90 Å². The smallest absolute Gasteiger partial charge is 0.232 e. The Labute approximate surface area is 173 Å². The van der Waals surface area contributed by atoms with Crippen LogP contribution in [0, 0.1) is 6.92 Å². The van der Waals surface area contributed by atoms with Crippen LogP contribution in [-0.4, -0.2) is 51.8 Å². The van der Waals surface area contributed by atoms with E-state index in [0.29, 0.717) is 10.7 Å². The van der Waals surface area contributed by atoms with Gasteiger partial charge in [0.1, 0.15) is 0 Å². The molecule has 0 saturated carbocycles. The summed E-state index contributed by atoms with van der Waals surface area (Å²) >= 11 is 6.68. The molecule has 0 radical (unpaired) electrons. The van der Waals surface area contributed by atoms with Gasteiger partial charge in [0.2, 0.25) is 10.0 Å². The molecule has 0 atom stereocenters. The maximum absolute atomic E-state index is 12.2. The Morgan fingerprint density at radius 3 is 2.32 bits per heavy atom. The molecule has 1 saturated heterocycles. The Bertz CT molecular complexity index is 939. The first kappa shape index (κ1) is 21.0. The highest BCUT2D eigenvalue weighted by atomic mass is 35.5. The summed E-state index contributed by atoms with van der Waals surface area (Å²) in [6.45, 7) is 10.7. The minimum absolute atomic E-state index is 0.00241. The lowest BCUT2D eigenvalue weighted by Gasteiger charge is -2.36. The normalized spacial score (nSPS) is 15.6. The molecule has 2 aromatic rings. The number of benzene rings is 2. The summed E-state index contributed by atoms with van der Waals surface area (Å²) < 4.78 is 27.1. The van der Waals surface area contributed by atoms with Crippen molar-refractivity contribution in [2.75, 3.05) is 48.1 Å². The lowest BCUT2D eigenvalue weighted by molar-refractivity contribution is 0.271. The molecule has 2 aromatic carbocycles. The minimum Gasteiger partial charge on any atom is -0.369 e. The fourth-order valence-corrected chi connectivity index (χ4v) is 4.45. The molecule has 0 spiro atoms. The standard InChI is InChI=1S/C21H28ClN3O2S/c1-4-24-10-12-25(13-11-24)17-14-19(18-9-7-6-8-16(18)3)21(22)20(15-17)23-28(26,27)5-2/h6-9,14-15,23H,4-5,10-13H2,1-3H3. The molecule has 0 aromatic heterocycles. The molecule has 0 amide bonds. The number of nitrogens with one attached hydrogen (secondary N) is 1. The van der Waals surface area contributed by atoms with Gasteiger partial charge in [0.15, 0.2) is 0 Å². The van der Waals surface area contributed by atoms with E-state index in [0.717, 1.165) is 55.1 Å². The van der Waals surface area contributed by atoms with E-state index in [1.165, 1.54) is 0 Å². The van der Waals surface area contributed by atoms with Crippen LogP contribution < -0.4 is 9.62 Å². The van der Waals surface area contributed by atoms with Crippen LogP contribution in [-0.2, 0) is 10.0 Å². The van der Waals surface area contributed by atoms with Gasteiger partial charge in [0, 0.05) is 37.4 Å². The molecule has 7 heteroatoms. The fourth-order valence-electron chi connectivity index (χ4n) is 3.50. The number of rotatable bonds is 6. The van der Waals surface area contributed by atoms with Crippen molar-refractivity contribution in [2.45, 2.75) is 20.8 Å². The molecular formula is C21H28ClN3O2S. The van der Waals surface area contributed by atoms with E-state index in [4.69, 9.17) is 11.6 Å². The predicted octanol–water partition coefficient (Wildman–Crippen LogP) is 4.22. The SMILES string of the molecule is CCN1CCN(c2cc(NS(=O)(=O)CC)c(Cl)c(-c3ccccc3C)c2)CC1. The van der Waals surface area contributed by atoms with E-state index in [2.05, 4.69) is 27.5 Å². The lowest BCUT2D eigenvalue weighted by Crippen LogP contribution is -2.46. The zero-order valence-electron chi connectivity index (χ0n) is 16.7. The van der Waals surface area contributed by atoms with Crippen molar-refractivity contribution in [3.05, 3.63) is 47.0 Å². The second-order valence-corrected chi connectivity index (χ2v) is 9.49. The van der Waals surface area contributed by atoms with Crippen LogP contribution in [0.4, 0.5) is 11.4 Å². The number of sulfonamides is 1. The van der Waals surface area contributed by atoms with Gasteiger partial charge in [-0.05, 0) is 43.7 Å². The Balaban J connectivity index is 2.07. The highest BCUT2D eigenvalue weighted by molar-refractivity contribution is 7.92. The third-order valence-corrected chi connectivity index (χ3v) is 7.02. The van der Waals surface area contributed by atoms with Crippen LogP contribution in [0.25, 0.3) is 11.1 Å². The average Bonchev–Trinajstić information content (AvgIpc) is 2.70. The van der Waals surface area contributed by atoms with E-state index < -0.39 is 10.0 Å². The summed E-state index contributed by atoms with van der Waals surface area (Å²) in [5, 5.41) is 0.433. The number of anilines is 2. The molecule has 0 bridgehead atoms. The molecule has 0 unspecified atom stereocenters. The Morgan fingerprint density at radius 1 is 1.04 bits per heavy atom. The van der Waals surface area contributed by atoms with Gasteiger partial charge in [0.25, 0.3) is 0 Å². The molecule has 28 heavy (non-hydrogen) atoms. The molecule has 3 rings (SSSR count). The molecule has 0 aliphatic carbocycles. The van der Waals surface area contributed by atoms with E-state index in [-0.39, 0.29) is 5.75 Å². The third kappa shape index (κ3) is 4.62. The van der Waals surface area contributed by atoms with Gasteiger partial charge in [-0.25, -0.2) is 8.42 Å². The first-order chi connectivity index (χ1) is 13.3. The number of aryl methyl sites for hydroxylation is 1. The number of hydrogen-bond acceptors (Lipinski definition) is 4. The summed E-state index contributed by atoms with van der Waals surface area (Å²) in [5.41, 5.74) is 4.40. The number of likely N-dealkylation sites (N-methyl/N-ethyl adjacent to an activating group) is 1. The van der Waals surface area contributed by atoms with Crippen molar-refractivity contribution in [1.29, 1.82) is 0 Å². The summed E-state index contributed by atoms with van der Waals surface area (Å²) in [4.78, 5) is 4.71. The largest absolute Gasteiger partial charge is 0.369 e. The van der Waals surface area contributed by atoms with E-state index in [1.54, 1.807) is 6.92 Å². The topological polar surface area (TPSA) is 52.6 Å². The fraction of sp³-hybridized carbons (Fsp3) is 0.429. The summed E-state index contributed by atoms with van der Waals surface area (Å²) in [6.07, 6.45) is 0. The quantitative estimate of drug-likeness (QED) is 0.758. The molecule has 5 nitrogen and oxygen atoms in total. The Morgan fingerprint density at radius 2 is 1.71 bits per heavy atom. The Kier molecular flexibility index (Phi) is 6.53. The number of piperazine rings is 1. The van der Waals surface area contributed by atoms with Gasteiger partial charge in [-0.3, -0.25) is 4.72 Å². The monoisotopic (exact) mass is 421 g/mol. The highest BCUT2D eigenvalue weighted by Crippen LogP contribution is 2.40. The number of halogens is 1. The lowest BCUT2D eigenvalue weighted by atomic mass is 9.99.